The van der Waals surface area contributed by atoms with Gasteiger partial charge in [0, 0.05) is 19.2 Å². The van der Waals surface area contributed by atoms with Gasteiger partial charge in [0.15, 0.2) is 0 Å². The Morgan fingerprint density at radius 2 is 1.96 bits per heavy atom. The number of hydrogen-bond acceptors (Lipinski definition) is 5. The topological polar surface area (TPSA) is 75.2 Å². The van der Waals surface area contributed by atoms with Crippen molar-refractivity contribution in [2.24, 2.45) is 0 Å². The van der Waals surface area contributed by atoms with Crippen LogP contribution in [0.2, 0.25) is 0 Å². The van der Waals surface area contributed by atoms with Gasteiger partial charge in [0.05, 0.1) is 17.9 Å². The molecule has 26 heavy (non-hydrogen) atoms. The highest BCUT2D eigenvalue weighted by atomic mass is 16.5. The first-order chi connectivity index (χ1) is 12.7. The highest BCUT2D eigenvalue weighted by molar-refractivity contribution is 5.71. The Labute approximate surface area is 155 Å². The molecule has 136 valence electrons. The number of nitriles is 1. The average Bonchev–Trinajstić information content (AvgIpc) is 2.68. The van der Waals surface area contributed by atoms with Crippen molar-refractivity contribution in [3.05, 3.63) is 47.0 Å². The van der Waals surface area contributed by atoms with Crippen LogP contribution in [0, 0.1) is 18.3 Å². The van der Waals surface area contributed by atoms with E-state index in [4.69, 9.17) is 10.5 Å². The van der Waals surface area contributed by atoms with Gasteiger partial charge in [0.25, 0.3) is 0 Å². The van der Waals surface area contributed by atoms with Crippen molar-refractivity contribution in [1.29, 1.82) is 5.26 Å². The maximum Gasteiger partial charge on any atom is 0.142 e. The van der Waals surface area contributed by atoms with Crippen molar-refractivity contribution in [3.8, 4) is 17.3 Å². The van der Waals surface area contributed by atoms with Crippen molar-refractivity contribution in [2.45, 2.75) is 25.7 Å². The normalized spacial score (nSPS) is 15.7. The summed E-state index contributed by atoms with van der Waals surface area (Å²) in [5.41, 5.74) is 10.8. The molecule has 0 amide bonds. The number of pyridine rings is 1. The first kappa shape index (κ1) is 18.4. The van der Waals surface area contributed by atoms with E-state index in [0.29, 0.717) is 17.3 Å². The Balaban J connectivity index is 1.94. The summed E-state index contributed by atoms with van der Waals surface area (Å²) >= 11 is 0. The minimum absolute atomic E-state index is 0.341. The molecular weight excluding hydrogens is 324 g/mol. The lowest BCUT2D eigenvalue weighted by Gasteiger charge is -2.33. The summed E-state index contributed by atoms with van der Waals surface area (Å²) in [6, 6.07) is 12.4. The van der Waals surface area contributed by atoms with Crippen LogP contribution in [0.3, 0.4) is 0 Å². The van der Waals surface area contributed by atoms with Crippen LogP contribution in [0.5, 0.6) is 0 Å². The van der Waals surface area contributed by atoms with E-state index in [0.717, 1.165) is 61.5 Å². The highest BCUT2D eigenvalue weighted by Crippen LogP contribution is 2.37. The van der Waals surface area contributed by atoms with Crippen LogP contribution in [-0.4, -0.2) is 43.2 Å². The second-order valence-corrected chi connectivity index (χ2v) is 6.85. The second-order valence-electron chi connectivity index (χ2n) is 6.85. The number of piperidine rings is 1. The van der Waals surface area contributed by atoms with Gasteiger partial charge in [0.2, 0.25) is 0 Å². The van der Waals surface area contributed by atoms with Crippen LogP contribution in [0.4, 0.5) is 5.82 Å². The molecule has 1 aliphatic heterocycles. The summed E-state index contributed by atoms with van der Waals surface area (Å²) in [4.78, 5) is 6.97. The summed E-state index contributed by atoms with van der Waals surface area (Å²) < 4.78 is 5.18. The van der Waals surface area contributed by atoms with Crippen molar-refractivity contribution in [1.82, 2.24) is 9.88 Å². The monoisotopic (exact) mass is 350 g/mol. The molecule has 3 rings (SSSR count). The number of ether oxygens (including phenoxy) is 1. The molecule has 5 heteroatoms. The maximum absolute atomic E-state index is 9.69. The van der Waals surface area contributed by atoms with Gasteiger partial charge in [-0.3, -0.25) is 0 Å². The highest BCUT2D eigenvalue weighted by Gasteiger charge is 2.27. The Bertz CT molecular complexity index is 790. The van der Waals surface area contributed by atoms with E-state index in [1.54, 1.807) is 7.11 Å². The third-order valence-electron chi connectivity index (χ3n) is 5.28. The predicted octanol–water partition coefficient (Wildman–Crippen LogP) is 3.34. The third kappa shape index (κ3) is 3.72. The zero-order valence-electron chi connectivity index (χ0n) is 15.5. The molecule has 0 unspecified atom stereocenters. The molecule has 0 spiro atoms. The lowest BCUT2D eigenvalue weighted by molar-refractivity contribution is 0.130. The molecule has 1 aromatic carbocycles. The van der Waals surface area contributed by atoms with Gasteiger partial charge in [-0.05, 0) is 49.9 Å². The molecule has 2 heterocycles. The number of likely N-dealkylation sites (tertiary alicyclic amines) is 1. The van der Waals surface area contributed by atoms with Gasteiger partial charge in [-0.25, -0.2) is 4.98 Å². The number of nitrogen functional groups attached to an aromatic ring is 1. The number of hydrogen-bond donors (Lipinski definition) is 1. The minimum atomic E-state index is 0.341. The Morgan fingerprint density at radius 3 is 2.58 bits per heavy atom. The number of anilines is 1. The first-order valence-corrected chi connectivity index (χ1v) is 9.12. The molecule has 2 aromatic rings. The third-order valence-corrected chi connectivity index (χ3v) is 5.28. The molecule has 1 aliphatic rings. The van der Waals surface area contributed by atoms with Gasteiger partial charge in [0.1, 0.15) is 11.9 Å². The van der Waals surface area contributed by atoms with Gasteiger partial charge in [-0.1, -0.05) is 30.3 Å². The summed E-state index contributed by atoms with van der Waals surface area (Å²) in [6.45, 7) is 5.82. The molecule has 0 bridgehead atoms. The van der Waals surface area contributed by atoms with Crippen LogP contribution in [-0.2, 0) is 4.74 Å². The zero-order valence-corrected chi connectivity index (χ0v) is 15.5. The Hall–Kier alpha value is -2.42. The van der Waals surface area contributed by atoms with E-state index in [2.05, 4.69) is 22.9 Å². The summed E-state index contributed by atoms with van der Waals surface area (Å²) in [6.07, 6.45) is 2.05. The molecule has 5 nitrogen and oxygen atoms in total. The number of methoxy groups -OCH3 is 1. The first-order valence-electron chi connectivity index (χ1n) is 9.12. The maximum atomic E-state index is 9.69. The number of nitrogens with zero attached hydrogens (tertiary/aromatic N) is 3. The molecule has 0 atom stereocenters. The summed E-state index contributed by atoms with van der Waals surface area (Å²) in [7, 11) is 1.74. The standard InChI is InChI=1S/C21H26N4O/c1-15-19(16-8-10-25(11-9-16)12-13-26-2)18(14-22)21(23)24-20(15)17-6-4-3-5-7-17/h3-7,16H,8-13H2,1-2H3,(H2,23,24). The fourth-order valence-electron chi connectivity index (χ4n) is 3.88. The molecule has 1 fully saturated rings. The Morgan fingerprint density at radius 1 is 1.27 bits per heavy atom. The number of benzene rings is 1. The molecule has 0 saturated carbocycles. The van der Waals surface area contributed by atoms with Crippen molar-refractivity contribution >= 4 is 5.82 Å². The average molecular weight is 350 g/mol. The van der Waals surface area contributed by atoms with E-state index in [9.17, 15) is 5.26 Å². The molecule has 2 N–H and O–H groups in total. The quantitative estimate of drug-likeness (QED) is 0.895. The van der Waals surface area contributed by atoms with Gasteiger partial charge in [-0.15, -0.1) is 0 Å². The Kier molecular flexibility index (Phi) is 5.87. The predicted molar refractivity (Wildman–Crippen MR) is 104 cm³/mol. The van der Waals surface area contributed by atoms with Crippen LogP contribution < -0.4 is 5.73 Å². The van der Waals surface area contributed by atoms with Gasteiger partial charge >= 0.3 is 0 Å². The molecule has 0 aliphatic carbocycles. The van der Waals surface area contributed by atoms with Crippen LogP contribution in [0.25, 0.3) is 11.3 Å². The van der Waals surface area contributed by atoms with Gasteiger partial charge in [-0.2, -0.15) is 5.26 Å². The van der Waals surface area contributed by atoms with E-state index in [1.165, 1.54) is 0 Å². The molecule has 1 saturated heterocycles. The lowest BCUT2D eigenvalue weighted by atomic mass is 9.83. The van der Waals surface area contributed by atoms with E-state index in [-0.39, 0.29) is 0 Å². The smallest absolute Gasteiger partial charge is 0.142 e. The fourth-order valence-corrected chi connectivity index (χ4v) is 3.88. The number of aromatic nitrogens is 1. The van der Waals surface area contributed by atoms with E-state index >= 15 is 0 Å². The molecular formula is C21H26N4O. The fraction of sp³-hybridized carbons (Fsp3) is 0.429. The van der Waals surface area contributed by atoms with Crippen molar-refractivity contribution in [2.75, 3.05) is 39.1 Å². The van der Waals surface area contributed by atoms with E-state index in [1.807, 2.05) is 30.3 Å². The van der Waals surface area contributed by atoms with Crippen LogP contribution in [0.1, 0.15) is 35.4 Å². The molecule has 0 radical (unpaired) electrons. The zero-order chi connectivity index (χ0) is 18.5. The van der Waals surface area contributed by atoms with E-state index < -0.39 is 0 Å². The van der Waals surface area contributed by atoms with Crippen molar-refractivity contribution in [3.63, 3.8) is 0 Å². The van der Waals surface area contributed by atoms with Crippen LogP contribution >= 0.6 is 0 Å². The number of nitrogens with two attached hydrogens (primary N) is 1. The van der Waals surface area contributed by atoms with Crippen LogP contribution in [0.15, 0.2) is 30.3 Å². The summed E-state index contributed by atoms with van der Waals surface area (Å²) in [5, 5.41) is 9.69. The largest absolute Gasteiger partial charge is 0.383 e. The number of rotatable bonds is 5. The second kappa shape index (κ2) is 8.31. The lowest BCUT2D eigenvalue weighted by Crippen LogP contribution is -2.35. The van der Waals surface area contributed by atoms with Gasteiger partial charge < -0.3 is 15.4 Å². The SMILES string of the molecule is COCCN1CCC(c2c(C)c(-c3ccccc3)nc(N)c2C#N)CC1. The van der Waals surface area contributed by atoms with Crippen molar-refractivity contribution < 1.29 is 4.74 Å². The molecule has 1 aromatic heterocycles. The summed E-state index contributed by atoms with van der Waals surface area (Å²) in [5.74, 6) is 0.685. The minimum Gasteiger partial charge on any atom is -0.383 e.